The second-order valence-electron chi connectivity index (χ2n) is 6.04. The minimum absolute atomic E-state index is 0.0195. The van der Waals surface area contributed by atoms with Crippen molar-refractivity contribution in [2.75, 3.05) is 45.9 Å². The molecule has 1 atom stereocenters. The van der Waals surface area contributed by atoms with Crippen LogP contribution in [0.4, 0.5) is 5.69 Å². The number of carboxylic acid groups (broad SMARTS) is 1. The van der Waals surface area contributed by atoms with Crippen LogP contribution < -0.4 is 19.1 Å². The molecule has 0 saturated carbocycles. The van der Waals surface area contributed by atoms with Gasteiger partial charge in [-0.3, -0.25) is 14.4 Å². The fraction of sp³-hybridized carbons (Fsp3) is 0.500. The topological polar surface area (TPSA) is 106 Å². The molecule has 0 bridgehead atoms. The molecule has 148 valence electrons. The second kappa shape index (κ2) is 8.61. The minimum atomic E-state index is -1.09. The summed E-state index contributed by atoms with van der Waals surface area (Å²) in [6.07, 6.45) is 0.0195. The van der Waals surface area contributed by atoms with E-state index in [1.54, 1.807) is 19.1 Å². The minimum Gasteiger partial charge on any atom is -0.493 e. The number of rotatable bonds is 8. The van der Waals surface area contributed by atoms with E-state index in [1.165, 1.54) is 31.1 Å². The van der Waals surface area contributed by atoms with E-state index in [-0.39, 0.29) is 37.9 Å². The molecule has 2 amide bonds. The second-order valence-corrected chi connectivity index (χ2v) is 6.04. The predicted octanol–water partition coefficient (Wildman–Crippen LogP) is 0.998. The number of carbonyl (C=O) groups excluding carboxylic acids is 2. The molecule has 9 heteroatoms. The first-order valence-electron chi connectivity index (χ1n) is 8.47. The first kappa shape index (κ1) is 20.3. The van der Waals surface area contributed by atoms with Crippen molar-refractivity contribution in [2.45, 2.75) is 13.3 Å². The fourth-order valence-corrected chi connectivity index (χ4v) is 3.11. The third-order valence-electron chi connectivity index (χ3n) is 4.45. The van der Waals surface area contributed by atoms with Crippen molar-refractivity contribution < 1.29 is 33.7 Å². The zero-order chi connectivity index (χ0) is 20.1. The van der Waals surface area contributed by atoms with E-state index < -0.39 is 11.9 Å². The lowest BCUT2D eigenvalue weighted by Crippen LogP contribution is -2.40. The highest BCUT2D eigenvalue weighted by atomic mass is 16.5. The van der Waals surface area contributed by atoms with Gasteiger partial charge in [0.05, 0.1) is 32.9 Å². The number of amides is 2. The molecule has 0 spiro atoms. The van der Waals surface area contributed by atoms with E-state index in [4.69, 9.17) is 19.3 Å². The first-order chi connectivity index (χ1) is 12.9. The van der Waals surface area contributed by atoms with Gasteiger partial charge < -0.3 is 29.1 Å². The van der Waals surface area contributed by atoms with Crippen LogP contribution in [0.15, 0.2) is 12.1 Å². The highest BCUT2D eigenvalue weighted by molar-refractivity contribution is 6.01. The van der Waals surface area contributed by atoms with Crippen LogP contribution in [0.25, 0.3) is 0 Å². The number of benzene rings is 1. The first-order valence-corrected chi connectivity index (χ1v) is 8.47. The van der Waals surface area contributed by atoms with Crippen LogP contribution in [0.5, 0.6) is 17.2 Å². The molecular formula is C18H24N2O7. The van der Waals surface area contributed by atoms with Crippen molar-refractivity contribution >= 4 is 23.5 Å². The van der Waals surface area contributed by atoms with Crippen LogP contribution in [0.2, 0.25) is 0 Å². The molecule has 0 aliphatic carbocycles. The number of methoxy groups -OCH3 is 3. The smallest absolute Gasteiger partial charge is 0.323 e. The number of ether oxygens (including phenoxy) is 3. The monoisotopic (exact) mass is 380 g/mol. The standard InChI is InChI=1S/C18H24N2O7/c1-5-19(10-16(22)23)18(24)11-6-15(21)20(9-11)12-7-13(25-2)17(27-4)14(8-12)26-3/h7-8,11H,5-6,9-10H2,1-4H3,(H,22,23). The van der Waals surface area contributed by atoms with Gasteiger partial charge >= 0.3 is 5.97 Å². The lowest BCUT2D eigenvalue weighted by molar-refractivity contribution is -0.146. The van der Waals surface area contributed by atoms with Crippen LogP contribution in [0, 0.1) is 5.92 Å². The highest BCUT2D eigenvalue weighted by Crippen LogP contribution is 2.42. The molecule has 2 rings (SSSR count). The van der Waals surface area contributed by atoms with Crippen LogP contribution in [0.1, 0.15) is 13.3 Å². The van der Waals surface area contributed by atoms with E-state index in [2.05, 4.69) is 0 Å². The van der Waals surface area contributed by atoms with Gasteiger partial charge in [-0.1, -0.05) is 0 Å². The van der Waals surface area contributed by atoms with Gasteiger partial charge in [-0.15, -0.1) is 0 Å². The Morgan fingerprint density at radius 1 is 1.19 bits per heavy atom. The maximum Gasteiger partial charge on any atom is 0.323 e. The molecule has 1 aliphatic heterocycles. The summed E-state index contributed by atoms with van der Waals surface area (Å²) in [5.74, 6) is -1.06. The Labute approximate surface area is 157 Å². The predicted molar refractivity (Wildman–Crippen MR) is 96.4 cm³/mol. The molecule has 0 aromatic heterocycles. The summed E-state index contributed by atoms with van der Waals surface area (Å²) in [5.41, 5.74) is 0.520. The number of carbonyl (C=O) groups is 3. The Hall–Kier alpha value is -2.97. The number of aliphatic carboxylic acids is 1. The lowest BCUT2D eigenvalue weighted by atomic mass is 10.1. The summed E-state index contributed by atoms with van der Waals surface area (Å²) in [6.45, 7) is 1.74. The Bertz CT molecular complexity index is 709. The van der Waals surface area contributed by atoms with Crippen LogP contribution in [0.3, 0.4) is 0 Å². The zero-order valence-corrected chi connectivity index (χ0v) is 15.9. The summed E-state index contributed by atoms with van der Waals surface area (Å²) in [5, 5.41) is 8.94. The quantitative estimate of drug-likeness (QED) is 0.717. The van der Waals surface area contributed by atoms with Crippen molar-refractivity contribution in [3.05, 3.63) is 12.1 Å². The fourth-order valence-electron chi connectivity index (χ4n) is 3.11. The van der Waals surface area contributed by atoms with Gasteiger partial charge in [0.1, 0.15) is 6.54 Å². The van der Waals surface area contributed by atoms with Crippen molar-refractivity contribution in [1.82, 2.24) is 4.90 Å². The average molecular weight is 380 g/mol. The molecule has 9 nitrogen and oxygen atoms in total. The normalized spacial score (nSPS) is 16.2. The van der Waals surface area contributed by atoms with Crippen molar-refractivity contribution in [1.29, 1.82) is 0 Å². The highest BCUT2D eigenvalue weighted by Gasteiger charge is 2.38. The molecule has 1 saturated heterocycles. The molecule has 1 fully saturated rings. The molecular weight excluding hydrogens is 356 g/mol. The van der Waals surface area contributed by atoms with Crippen molar-refractivity contribution in [2.24, 2.45) is 5.92 Å². The summed E-state index contributed by atoms with van der Waals surface area (Å²) < 4.78 is 15.9. The molecule has 1 aromatic rings. The van der Waals surface area contributed by atoms with Gasteiger partial charge in [0.25, 0.3) is 0 Å². The van der Waals surface area contributed by atoms with Crippen LogP contribution >= 0.6 is 0 Å². The van der Waals surface area contributed by atoms with Gasteiger partial charge in [-0.05, 0) is 6.92 Å². The Balaban J connectivity index is 2.27. The van der Waals surface area contributed by atoms with Gasteiger partial charge in [-0.25, -0.2) is 0 Å². The summed E-state index contributed by atoms with van der Waals surface area (Å²) in [6, 6.07) is 3.28. The number of likely N-dealkylation sites (N-methyl/N-ethyl adjacent to an activating group) is 1. The van der Waals surface area contributed by atoms with Gasteiger partial charge in [0.2, 0.25) is 17.6 Å². The van der Waals surface area contributed by atoms with E-state index >= 15 is 0 Å². The summed E-state index contributed by atoms with van der Waals surface area (Å²) in [4.78, 5) is 38.7. The molecule has 1 heterocycles. The molecule has 27 heavy (non-hydrogen) atoms. The Kier molecular flexibility index (Phi) is 6.49. The van der Waals surface area contributed by atoms with E-state index in [0.717, 1.165) is 0 Å². The molecule has 1 N–H and O–H groups in total. The molecule has 0 radical (unpaired) electrons. The zero-order valence-electron chi connectivity index (χ0n) is 15.9. The van der Waals surface area contributed by atoms with E-state index in [1.807, 2.05) is 0 Å². The van der Waals surface area contributed by atoms with Gasteiger partial charge in [-0.2, -0.15) is 0 Å². The van der Waals surface area contributed by atoms with Crippen LogP contribution in [-0.4, -0.2) is 68.8 Å². The maximum atomic E-state index is 12.6. The lowest BCUT2D eigenvalue weighted by Gasteiger charge is -2.23. The third kappa shape index (κ3) is 4.24. The Morgan fingerprint density at radius 2 is 1.78 bits per heavy atom. The number of hydrogen-bond acceptors (Lipinski definition) is 6. The van der Waals surface area contributed by atoms with Crippen molar-refractivity contribution in [3.63, 3.8) is 0 Å². The van der Waals surface area contributed by atoms with Crippen LogP contribution in [-0.2, 0) is 14.4 Å². The Morgan fingerprint density at radius 3 is 2.22 bits per heavy atom. The number of carboxylic acids is 1. The third-order valence-corrected chi connectivity index (χ3v) is 4.45. The molecule has 1 aromatic carbocycles. The SMILES string of the molecule is CCN(CC(=O)O)C(=O)C1CC(=O)N(c2cc(OC)c(OC)c(OC)c2)C1. The van der Waals surface area contributed by atoms with E-state index in [9.17, 15) is 14.4 Å². The number of hydrogen-bond donors (Lipinski definition) is 1. The number of anilines is 1. The number of nitrogens with zero attached hydrogens (tertiary/aromatic N) is 2. The largest absolute Gasteiger partial charge is 0.493 e. The van der Waals surface area contributed by atoms with E-state index in [0.29, 0.717) is 22.9 Å². The molecule has 1 aliphatic rings. The summed E-state index contributed by atoms with van der Waals surface area (Å²) >= 11 is 0. The van der Waals surface area contributed by atoms with Gasteiger partial charge in [0, 0.05) is 31.6 Å². The molecule has 1 unspecified atom stereocenters. The maximum absolute atomic E-state index is 12.6. The average Bonchev–Trinajstić information content (AvgIpc) is 3.05. The summed E-state index contributed by atoms with van der Waals surface area (Å²) in [7, 11) is 4.44. The van der Waals surface area contributed by atoms with Gasteiger partial charge in [0.15, 0.2) is 11.5 Å². The van der Waals surface area contributed by atoms with Crippen molar-refractivity contribution in [3.8, 4) is 17.2 Å².